The van der Waals surface area contributed by atoms with E-state index in [2.05, 4.69) is 5.32 Å². The maximum Gasteiger partial charge on any atom is 0.305 e. The van der Waals surface area contributed by atoms with Crippen LogP contribution in [0.5, 0.6) is 0 Å². The summed E-state index contributed by atoms with van der Waals surface area (Å²) in [6, 6.07) is 2.44. The molecule has 0 aliphatic rings. The number of carboxylic acid groups (broad SMARTS) is 1. The number of halogens is 2. The highest BCUT2D eigenvalue weighted by molar-refractivity contribution is 5.68. The third-order valence-electron chi connectivity index (χ3n) is 2.36. The number of benzene rings is 1. The smallest absolute Gasteiger partial charge is 0.305 e. The van der Waals surface area contributed by atoms with Gasteiger partial charge in [0.05, 0.1) is 11.3 Å². The van der Waals surface area contributed by atoms with E-state index >= 15 is 0 Å². The standard InChI is InChI=1S/C11H12F2N2O4/c1-6(4-10(16)17)14-9-3-2-7(15(18)19)5-8(9)11(12)13/h2-3,5-6,11,14H,4H2,1H3,(H,16,17). The normalized spacial score (nSPS) is 12.2. The van der Waals surface area contributed by atoms with E-state index in [0.717, 1.165) is 18.2 Å². The predicted molar refractivity (Wildman–Crippen MR) is 63.4 cm³/mol. The lowest BCUT2D eigenvalue weighted by Crippen LogP contribution is -2.20. The number of hydrogen-bond acceptors (Lipinski definition) is 4. The summed E-state index contributed by atoms with van der Waals surface area (Å²) in [6.45, 7) is 1.52. The van der Waals surface area contributed by atoms with E-state index in [1.54, 1.807) is 0 Å². The molecule has 0 heterocycles. The Balaban J connectivity index is 3.00. The van der Waals surface area contributed by atoms with Crippen molar-refractivity contribution in [2.45, 2.75) is 25.8 Å². The zero-order chi connectivity index (χ0) is 14.6. The summed E-state index contributed by atoms with van der Waals surface area (Å²) in [5.41, 5.74) is -0.965. The van der Waals surface area contributed by atoms with Gasteiger partial charge >= 0.3 is 5.97 Å². The van der Waals surface area contributed by atoms with Crippen molar-refractivity contribution >= 4 is 17.3 Å². The third-order valence-corrected chi connectivity index (χ3v) is 2.36. The molecule has 1 unspecified atom stereocenters. The monoisotopic (exact) mass is 274 g/mol. The van der Waals surface area contributed by atoms with Crippen molar-refractivity contribution in [3.05, 3.63) is 33.9 Å². The maximum absolute atomic E-state index is 12.8. The molecule has 19 heavy (non-hydrogen) atoms. The second kappa shape index (κ2) is 6.07. The Morgan fingerprint density at radius 2 is 2.16 bits per heavy atom. The lowest BCUT2D eigenvalue weighted by Gasteiger charge is -2.16. The van der Waals surface area contributed by atoms with Crippen molar-refractivity contribution in [2.24, 2.45) is 0 Å². The number of carbonyl (C=O) groups is 1. The summed E-state index contributed by atoms with van der Waals surface area (Å²) in [5.74, 6) is -1.07. The molecule has 6 nitrogen and oxygen atoms in total. The second-order valence-corrected chi connectivity index (χ2v) is 3.97. The minimum absolute atomic E-state index is 0.00523. The maximum atomic E-state index is 12.8. The van der Waals surface area contributed by atoms with Crippen LogP contribution >= 0.6 is 0 Å². The lowest BCUT2D eigenvalue weighted by molar-refractivity contribution is -0.385. The second-order valence-electron chi connectivity index (χ2n) is 3.97. The first kappa shape index (κ1) is 14.8. The van der Waals surface area contributed by atoms with E-state index in [0.29, 0.717) is 0 Å². The summed E-state index contributed by atoms with van der Waals surface area (Å²) >= 11 is 0. The van der Waals surface area contributed by atoms with Crippen LogP contribution in [0.2, 0.25) is 0 Å². The Morgan fingerprint density at radius 3 is 2.63 bits per heavy atom. The molecule has 2 N–H and O–H groups in total. The molecule has 0 saturated heterocycles. The zero-order valence-electron chi connectivity index (χ0n) is 9.97. The van der Waals surface area contributed by atoms with Crippen molar-refractivity contribution in [3.8, 4) is 0 Å². The molecule has 1 aromatic carbocycles. The van der Waals surface area contributed by atoms with Crippen LogP contribution in [0.4, 0.5) is 20.2 Å². The highest BCUT2D eigenvalue weighted by atomic mass is 19.3. The first-order chi connectivity index (χ1) is 8.81. The van der Waals surface area contributed by atoms with Crippen LogP contribution in [-0.2, 0) is 4.79 Å². The minimum Gasteiger partial charge on any atom is -0.481 e. The molecular formula is C11H12F2N2O4. The number of rotatable bonds is 6. The quantitative estimate of drug-likeness (QED) is 0.614. The SMILES string of the molecule is CC(CC(=O)O)Nc1ccc([N+](=O)[O-])cc1C(F)F. The Kier molecular flexibility index (Phi) is 4.74. The van der Waals surface area contributed by atoms with Gasteiger partial charge in [-0.05, 0) is 13.0 Å². The molecule has 0 amide bonds. The van der Waals surface area contributed by atoms with Gasteiger partial charge in [-0.3, -0.25) is 14.9 Å². The fourth-order valence-corrected chi connectivity index (χ4v) is 1.55. The van der Waals surface area contributed by atoms with E-state index in [4.69, 9.17) is 5.11 Å². The molecule has 0 aliphatic carbocycles. The minimum atomic E-state index is -2.89. The molecule has 0 radical (unpaired) electrons. The number of nitrogens with zero attached hydrogens (tertiary/aromatic N) is 1. The van der Waals surface area contributed by atoms with Gasteiger partial charge in [0, 0.05) is 29.4 Å². The zero-order valence-corrected chi connectivity index (χ0v) is 9.97. The first-order valence-electron chi connectivity index (χ1n) is 5.36. The third kappa shape index (κ3) is 4.16. The fraction of sp³-hybridized carbons (Fsp3) is 0.364. The van der Waals surface area contributed by atoms with E-state index < -0.39 is 34.6 Å². The number of carboxylic acids is 1. The Labute approximate surface area is 107 Å². The molecule has 0 spiro atoms. The highest BCUT2D eigenvalue weighted by Gasteiger charge is 2.19. The number of nitro benzene ring substituents is 1. The summed E-state index contributed by atoms with van der Waals surface area (Å²) < 4.78 is 25.6. The molecule has 104 valence electrons. The summed E-state index contributed by atoms with van der Waals surface area (Å²) in [6.07, 6.45) is -3.14. The molecule has 1 rings (SSSR count). The van der Waals surface area contributed by atoms with Gasteiger partial charge in [0.2, 0.25) is 0 Å². The van der Waals surface area contributed by atoms with E-state index in [-0.39, 0.29) is 12.1 Å². The van der Waals surface area contributed by atoms with Crippen molar-refractivity contribution in [1.82, 2.24) is 0 Å². The molecule has 0 aliphatic heterocycles. The summed E-state index contributed by atoms with van der Waals surface area (Å²) in [7, 11) is 0. The van der Waals surface area contributed by atoms with Gasteiger partial charge in [-0.2, -0.15) is 0 Å². The summed E-state index contributed by atoms with van der Waals surface area (Å²) in [4.78, 5) is 20.2. The van der Waals surface area contributed by atoms with Crippen molar-refractivity contribution in [1.29, 1.82) is 0 Å². The topological polar surface area (TPSA) is 92.5 Å². The van der Waals surface area contributed by atoms with Crippen LogP contribution in [0, 0.1) is 10.1 Å². The van der Waals surface area contributed by atoms with Crippen molar-refractivity contribution in [2.75, 3.05) is 5.32 Å². The molecule has 1 aromatic rings. The van der Waals surface area contributed by atoms with Gasteiger partial charge in [-0.15, -0.1) is 0 Å². The fourth-order valence-electron chi connectivity index (χ4n) is 1.55. The van der Waals surface area contributed by atoms with Crippen LogP contribution in [-0.4, -0.2) is 22.0 Å². The Morgan fingerprint density at radius 1 is 1.53 bits per heavy atom. The number of nitrogens with one attached hydrogen (secondary N) is 1. The summed E-state index contributed by atoms with van der Waals surface area (Å²) in [5, 5.41) is 21.7. The van der Waals surface area contributed by atoms with Gasteiger partial charge < -0.3 is 10.4 Å². The van der Waals surface area contributed by atoms with Gasteiger partial charge in [0.25, 0.3) is 12.1 Å². The first-order valence-corrected chi connectivity index (χ1v) is 5.36. The van der Waals surface area contributed by atoms with E-state index in [9.17, 15) is 23.7 Å². The Bertz CT molecular complexity index is 494. The molecular weight excluding hydrogens is 262 g/mol. The lowest BCUT2D eigenvalue weighted by atomic mass is 10.1. The van der Waals surface area contributed by atoms with Crippen LogP contribution < -0.4 is 5.32 Å². The van der Waals surface area contributed by atoms with Crippen LogP contribution in [0.1, 0.15) is 25.3 Å². The largest absolute Gasteiger partial charge is 0.481 e. The van der Waals surface area contributed by atoms with Crippen LogP contribution in [0.3, 0.4) is 0 Å². The van der Waals surface area contributed by atoms with Crippen molar-refractivity contribution < 1.29 is 23.6 Å². The molecule has 8 heteroatoms. The number of non-ortho nitro benzene ring substituents is 1. The number of hydrogen-bond donors (Lipinski definition) is 2. The predicted octanol–water partition coefficient (Wildman–Crippen LogP) is 2.81. The van der Waals surface area contributed by atoms with E-state index in [1.165, 1.54) is 6.92 Å². The number of aliphatic carboxylic acids is 1. The average Bonchev–Trinajstić information content (AvgIpc) is 2.27. The molecule has 1 atom stereocenters. The number of nitro groups is 1. The van der Waals surface area contributed by atoms with Crippen LogP contribution in [0.15, 0.2) is 18.2 Å². The molecule has 0 aromatic heterocycles. The number of alkyl halides is 2. The molecule has 0 saturated carbocycles. The molecule has 0 bridgehead atoms. The highest BCUT2D eigenvalue weighted by Crippen LogP contribution is 2.31. The molecule has 0 fully saturated rings. The Hall–Kier alpha value is -2.25. The van der Waals surface area contributed by atoms with Gasteiger partial charge in [0.1, 0.15) is 0 Å². The van der Waals surface area contributed by atoms with Crippen molar-refractivity contribution in [3.63, 3.8) is 0 Å². The van der Waals surface area contributed by atoms with Gasteiger partial charge in [-0.1, -0.05) is 0 Å². The van der Waals surface area contributed by atoms with Gasteiger partial charge in [-0.25, -0.2) is 8.78 Å². The van der Waals surface area contributed by atoms with Gasteiger partial charge in [0.15, 0.2) is 0 Å². The average molecular weight is 274 g/mol. The number of anilines is 1. The van der Waals surface area contributed by atoms with E-state index in [1.807, 2.05) is 0 Å². The van der Waals surface area contributed by atoms with Crippen LogP contribution in [0.25, 0.3) is 0 Å².